The molecule has 0 aliphatic rings. The topological polar surface area (TPSA) is 42.0 Å². The van der Waals surface area contributed by atoms with E-state index in [9.17, 15) is 4.79 Å². The van der Waals surface area contributed by atoms with Crippen LogP contribution in [-0.2, 0) is 4.79 Å². The van der Waals surface area contributed by atoms with Crippen molar-refractivity contribution in [3.8, 4) is 0 Å². The predicted molar refractivity (Wildman–Crippen MR) is 93.6 cm³/mol. The van der Waals surface area contributed by atoms with E-state index in [1.807, 2.05) is 66.7 Å². The van der Waals surface area contributed by atoms with Crippen molar-refractivity contribution in [1.29, 1.82) is 0 Å². The fourth-order valence-corrected chi connectivity index (χ4v) is 2.25. The molecule has 1 amide bonds. The number of carbonyl (C=O) groups excluding carboxylic acids is 1. The molecule has 0 saturated carbocycles. The van der Waals surface area contributed by atoms with Gasteiger partial charge in [0.05, 0.1) is 0 Å². The van der Waals surface area contributed by atoms with Gasteiger partial charge < -0.3 is 5.32 Å². The highest BCUT2D eigenvalue weighted by atomic mass is 16.1. The maximum Gasteiger partial charge on any atom is 0.256 e. The largest absolute Gasteiger partial charge is 0.322 e. The summed E-state index contributed by atoms with van der Waals surface area (Å²) in [4.78, 5) is 16.7. The van der Waals surface area contributed by atoms with Crippen LogP contribution in [0.3, 0.4) is 0 Å². The lowest BCUT2D eigenvalue weighted by molar-refractivity contribution is -0.111. The monoisotopic (exact) mass is 300 g/mol. The maximum absolute atomic E-state index is 12.7. The van der Waals surface area contributed by atoms with Crippen LogP contribution in [0.15, 0.2) is 85.2 Å². The molecule has 3 nitrogen and oxygen atoms in total. The zero-order valence-corrected chi connectivity index (χ0v) is 12.5. The van der Waals surface area contributed by atoms with Crippen molar-refractivity contribution in [2.24, 2.45) is 0 Å². The van der Waals surface area contributed by atoms with Crippen molar-refractivity contribution >= 4 is 23.2 Å². The van der Waals surface area contributed by atoms with E-state index in [0.717, 1.165) is 16.8 Å². The average molecular weight is 300 g/mol. The second-order valence-corrected chi connectivity index (χ2v) is 5.02. The summed E-state index contributed by atoms with van der Waals surface area (Å²) in [5.41, 5.74) is 3.20. The van der Waals surface area contributed by atoms with Crippen molar-refractivity contribution < 1.29 is 4.79 Å². The third kappa shape index (κ3) is 3.92. The molecule has 3 heteroatoms. The number of rotatable bonds is 4. The predicted octanol–water partition coefficient (Wildman–Crippen LogP) is 4.26. The van der Waals surface area contributed by atoms with Gasteiger partial charge in [-0.2, -0.15) is 0 Å². The van der Waals surface area contributed by atoms with E-state index in [1.54, 1.807) is 24.5 Å². The van der Waals surface area contributed by atoms with Crippen molar-refractivity contribution in [2.45, 2.75) is 0 Å². The first-order valence-electron chi connectivity index (χ1n) is 7.36. The minimum absolute atomic E-state index is 0.147. The number of nitrogens with zero attached hydrogens (tertiary/aromatic N) is 1. The number of nitrogens with one attached hydrogen (secondary N) is 1. The van der Waals surface area contributed by atoms with Gasteiger partial charge in [0, 0.05) is 23.7 Å². The van der Waals surface area contributed by atoms with Crippen LogP contribution in [0.25, 0.3) is 11.6 Å². The standard InChI is InChI=1S/C20H16N2O/c23-20(22-18-11-13-21-14-12-18)19(17-9-5-2-6-10-17)15-16-7-3-1-4-8-16/h1-15H,(H,21,22,23). The SMILES string of the molecule is O=C(Nc1ccncc1)C(=Cc1ccccc1)c1ccccc1. The van der Waals surface area contributed by atoms with Crippen LogP contribution in [0.2, 0.25) is 0 Å². The van der Waals surface area contributed by atoms with Gasteiger partial charge >= 0.3 is 0 Å². The second kappa shape index (κ2) is 7.18. The minimum atomic E-state index is -0.147. The van der Waals surface area contributed by atoms with Crippen LogP contribution in [0.5, 0.6) is 0 Å². The summed E-state index contributed by atoms with van der Waals surface area (Å²) in [6, 6.07) is 23.0. The zero-order valence-electron chi connectivity index (χ0n) is 12.5. The quantitative estimate of drug-likeness (QED) is 0.578. The van der Waals surface area contributed by atoms with E-state index in [1.165, 1.54) is 0 Å². The minimum Gasteiger partial charge on any atom is -0.322 e. The molecule has 0 aliphatic carbocycles. The fourth-order valence-electron chi connectivity index (χ4n) is 2.25. The van der Waals surface area contributed by atoms with Gasteiger partial charge in [0.15, 0.2) is 0 Å². The molecule has 0 aliphatic heterocycles. The number of pyridine rings is 1. The van der Waals surface area contributed by atoms with Gasteiger partial charge in [0.25, 0.3) is 5.91 Å². The van der Waals surface area contributed by atoms with Gasteiger partial charge in [-0.05, 0) is 29.3 Å². The molecule has 1 aromatic heterocycles. The lowest BCUT2D eigenvalue weighted by Gasteiger charge is -2.09. The summed E-state index contributed by atoms with van der Waals surface area (Å²) in [6.45, 7) is 0. The van der Waals surface area contributed by atoms with Crippen LogP contribution in [0.1, 0.15) is 11.1 Å². The molecule has 3 rings (SSSR count). The molecule has 112 valence electrons. The van der Waals surface area contributed by atoms with E-state index in [0.29, 0.717) is 5.57 Å². The summed E-state index contributed by atoms with van der Waals surface area (Å²) >= 11 is 0. The molecule has 0 radical (unpaired) electrons. The summed E-state index contributed by atoms with van der Waals surface area (Å²) in [5, 5.41) is 2.91. The Morgan fingerprint density at radius 3 is 2.09 bits per heavy atom. The first-order valence-corrected chi connectivity index (χ1v) is 7.36. The molecule has 1 N–H and O–H groups in total. The lowest BCUT2D eigenvalue weighted by atomic mass is 10.0. The van der Waals surface area contributed by atoms with Crippen LogP contribution in [-0.4, -0.2) is 10.9 Å². The number of amides is 1. The Morgan fingerprint density at radius 2 is 1.43 bits per heavy atom. The van der Waals surface area contributed by atoms with Crippen LogP contribution < -0.4 is 5.32 Å². The van der Waals surface area contributed by atoms with Gasteiger partial charge in [0.2, 0.25) is 0 Å². The van der Waals surface area contributed by atoms with Crippen LogP contribution in [0, 0.1) is 0 Å². The highest BCUT2D eigenvalue weighted by Crippen LogP contribution is 2.20. The first-order chi connectivity index (χ1) is 11.3. The third-order valence-electron chi connectivity index (χ3n) is 3.38. The summed E-state index contributed by atoms with van der Waals surface area (Å²) in [6.07, 6.45) is 5.20. The Bertz CT molecular complexity index is 797. The summed E-state index contributed by atoms with van der Waals surface area (Å²) in [7, 11) is 0. The van der Waals surface area contributed by atoms with E-state index < -0.39 is 0 Å². The lowest BCUT2D eigenvalue weighted by Crippen LogP contribution is -2.13. The Kier molecular flexibility index (Phi) is 4.60. The molecule has 2 aromatic carbocycles. The van der Waals surface area contributed by atoms with Gasteiger partial charge in [-0.1, -0.05) is 60.7 Å². The molecule has 0 bridgehead atoms. The molecule has 0 fully saturated rings. The summed E-state index contributed by atoms with van der Waals surface area (Å²) in [5.74, 6) is -0.147. The Hall–Kier alpha value is -3.20. The molecule has 0 unspecified atom stereocenters. The van der Waals surface area contributed by atoms with Gasteiger partial charge in [-0.25, -0.2) is 0 Å². The van der Waals surface area contributed by atoms with E-state index in [4.69, 9.17) is 0 Å². The molecular weight excluding hydrogens is 284 g/mol. The first kappa shape index (κ1) is 14.7. The van der Waals surface area contributed by atoms with Crippen molar-refractivity contribution in [3.63, 3.8) is 0 Å². The summed E-state index contributed by atoms with van der Waals surface area (Å²) < 4.78 is 0. The molecule has 0 spiro atoms. The Labute approximate surface area is 135 Å². The van der Waals surface area contributed by atoms with Gasteiger partial charge in [0.1, 0.15) is 0 Å². The molecule has 0 atom stereocenters. The second-order valence-electron chi connectivity index (χ2n) is 5.02. The molecule has 3 aromatic rings. The molecular formula is C20H16N2O. The number of aromatic nitrogens is 1. The number of anilines is 1. The van der Waals surface area contributed by atoms with Crippen LogP contribution in [0.4, 0.5) is 5.69 Å². The zero-order chi connectivity index (χ0) is 15.9. The van der Waals surface area contributed by atoms with Crippen LogP contribution >= 0.6 is 0 Å². The van der Waals surface area contributed by atoms with E-state index >= 15 is 0 Å². The molecule has 23 heavy (non-hydrogen) atoms. The van der Waals surface area contributed by atoms with Crippen molar-refractivity contribution in [2.75, 3.05) is 5.32 Å². The Morgan fingerprint density at radius 1 is 0.826 bits per heavy atom. The highest BCUT2D eigenvalue weighted by Gasteiger charge is 2.12. The number of carbonyl (C=O) groups is 1. The average Bonchev–Trinajstić information content (AvgIpc) is 2.62. The molecule has 1 heterocycles. The van der Waals surface area contributed by atoms with Crippen molar-refractivity contribution in [3.05, 3.63) is 96.3 Å². The third-order valence-corrected chi connectivity index (χ3v) is 3.38. The maximum atomic E-state index is 12.7. The number of hydrogen-bond acceptors (Lipinski definition) is 2. The van der Waals surface area contributed by atoms with E-state index in [-0.39, 0.29) is 5.91 Å². The van der Waals surface area contributed by atoms with E-state index in [2.05, 4.69) is 10.3 Å². The number of benzene rings is 2. The van der Waals surface area contributed by atoms with Gasteiger partial charge in [-0.15, -0.1) is 0 Å². The van der Waals surface area contributed by atoms with Crippen molar-refractivity contribution in [1.82, 2.24) is 4.98 Å². The highest BCUT2D eigenvalue weighted by molar-refractivity contribution is 6.29. The smallest absolute Gasteiger partial charge is 0.256 e. The van der Waals surface area contributed by atoms with Gasteiger partial charge in [-0.3, -0.25) is 9.78 Å². The fraction of sp³-hybridized carbons (Fsp3) is 0. The molecule has 0 saturated heterocycles. The normalized spacial score (nSPS) is 11.0. The Balaban J connectivity index is 1.95. The number of hydrogen-bond donors (Lipinski definition) is 1.